The van der Waals surface area contributed by atoms with Crippen LogP contribution in [0.1, 0.15) is 45.7 Å². The van der Waals surface area contributed by atoms with Crippen molar-refractivity contribution >= 4 is 0 Å². The van der Waals surface area contributed by atoms with Gasteiger partial charge in [0.25, 0.3) is 0 Å². The molecule has 1 aromatic heterocycles. The number of nitrogens with two attached hydrogens (primary N) is 1. The van der Waals surface area contributed by atoms with Gasteiger partial charge in [-0.25, -0.2) is 0 Å². The summed E-state index contributed by atoms with van der Waals surface area (Å²) in [6.45, 7) is 9.48. The molecule has 0 saturated heterocycles. The number of methoxy groups -OCH3 is 1. The van der Waals surface area contributed by atoms with Gasteiger partial charge in [0.2, 0.25) is 0 Å². The van der Waals surface area contributed by atoms with Crippen molar-refractivity contribution in [1.29, 1.82) is 0 Å². The Balaban J connectivity index is 2.93. The second-order valence-corrected chi connectivity index (χ2v) is 5.70. The van der Waals surface area contributed by atoms with Gasteiger partial charge in [0, 0.05) is 25.4 Å². The molecule has 104 valence electrons. The summed E-state index contributed by atoms with van der Waals surface area (Å²) in [6, 6.07) is -0.0550. The first kappa shape index (κ1) is 15.1. The number of ether oxygens (including phenoxy) is 1. The molecule has 2 unspecified atom stereocenters. The van der Waals surface area contributed by atoms with Gasteiger partial charge in [-0.1, -0.05) is 27.7 Å². The van der Waals surface area contributed by atoms with Gasteiger partial charge in [0.1, 0.15) is 0 Å². The summed E-state index contributed by atoms with van der Waals surface area (Å²) < 4.78 is 7.55. The molecule has 0 radical (unpaired) electrons. The predicted molar refractivity (Wildman–Crippen MR) is 72.8 cm³/mol. The van der Waals surface area contributed by atoms with E-state index in [4.69, 9.17) is 10.6 Å². The largest absolute Gasteiger partial charge is 0.379 e. The Labute approximate surface area is 110 Å². The lowest BCUT2D eigenvalue weighted by Gasteiger charge is -2.35. The number of nitrogens with one attached hydrogen (secondary N) is 1. The Morgan fingerprint density at radius 3 is 2.61 bits per heavy atom. The zero-order valence-electron chi connectivity index (χ0n) is 12.1. The molecule has 1 aromatic rings. The zero-order valence-corrected chi connectivity index (χ0v) is 12.1. The van der Waals surface area contributed by atoms with Crippen LogP contribution in [0.5, 0.6) is 0 Å². The van der Waals surface area contributed by atoms with E-state index >= 15 is 0 Å². The molecule has 3 N–H and O–H groups in total. The van der Waals surface area contributed by atoms with Crippen molar-refractivity contribution < 1.29 is 4.74 Å². The van der Waals surface area contributed by atoms with Gasteiger partial charge in [0.15, 0.2) is 0 Å². The molecule has 0 fully saturated rings. The Hall–Kier alpha value is -0.910. The Morgan fingerprint density at radius 2 is 2.17 bits per heavy atom. The number of hydrazine groups is 1. The van der Waals surface area contributed by atoms with E-state index < -0.39 is 0 Å². The van der Waals surface area contributed by atoms with Crippen molar-refractivity contribution in [1.82, 2.24) is 15.2 Å². The minimum absolute atomic E-state index is 0.00135. The van der Waals surface area contributed by atoms with Crippen LogP contribution < -0.4 is 11.3 Å². The normalized spacial score (nSPS) is 15.7. The molecule has 0 aliphatic carbocycles. The number of hydrogen-bond donors (Lipinski definition) is 2. The molecule has 0 aliphatic rings. The van der Waals surface area contributed by atoms with Crippen molar-refractivity contribution in [3.05, 3.63) is 18.0 Å². The van der Waals surface area contributed by atoms with Gasteiger partial charge in [0.05, 0.1) is 18.3 Å². The third-order valence-corrected chi connectivity index (χ3v) is 3.05. The highest BCUT2D eigenvalue weighted by Crippen LogP contribution is 2.31. The Kier molecular flexibility index (Phi) is 5.31. The molecule has 2 atom stereocenters. The quantitative estimate of drug-likeness (QED) is 0.601. The van der Waals surface area contributed by atoms with Crippen LogP contribution in [-0.4, -0.2) is 23.0 Å². The van der Waals surface area contributed by atoms with Crippen LogP contribution in [-0.2, 0) is 11.3 Å². The molecule has 0 aliphatic heterocycles. The zero-order chi connectivity index (χ0) is 13.8. The van der Waals surface area contributed by atoms with E-state index in [-0.39, 0.29) is 17.6 Å². The van der Waals surface area contributed by atoms with E-state index in [1.807, 2.05) is 17.1 Å². The van der Waals surface area contributed by atoms with Crippen molar-refractivity contribution in [3.63, 3.8) is 0 Å². The van der Waals surface area contributed by atoms with Crippen LogP contribution >= 0.6 is 0 Å². The standard InChI is InChI=1S/C13H26N4O/c1-6-7-17-9-10(8-15-17)11(16-14)12(18-5)13(2,3)4/h8-9,11-12,16H,6-7,14H2,1-5H3. The van der Waals surface area contributed by atoms with Gasteiger partial charge in [-0.2, -0.15) is 5.10 Å². The second kappa shape index (κ2) is 6.31. The number of nitrogens with zero attached hydrogens (tertiary/aromatic N) is 2. The topological polar surface area (TPSA) is 65.1 Å². The summed E-state index contributed by atoms with van der Waals surface area (Å²) in [6.07, 6.45) is 4.94. The first-order chi connectivity index (χ1) is 8.43. The molecule has 0 spiro atoms. The van der Waals surface area contributed by atoms with E-state index in [0.29, 0.717) is 0 Å². The smallest absolute Gasteiger partial charge is 0.0828 e. The van der Waals surface area contributed by atoms with E-state index in [0.717, 1.165) is 18.5 Å². The first-order valence-corrected chi connectivity index (χ1v) is 6.45. The van der Waals surface area contributed by atoms with Crippen LogP contribution in [0.2, 0.25) is 0 Å². The number of rotatable bonds is 6. The fourth-order valence-electron chi connectivity index (χ4n) is 2.24. The molecule has 5 nitrogen and oxygen atoms in total. The van der Waals surface area contributed by atoms with E-state index in [1.165, 1.54) is 0 Å². The van der Waals surface area contributed by atoms with Crippen molar-refractivity contribution in [2.75, 3.05) is 7.11 Å². The fourth-order valence-corrected chi connectivity index (χ4v) is 2.24. The third kappa shape index (κ3) is 3.54. The molecule has 18 heavy (non-hydrogen) atoms. The number of aryl methyl sites for hydroxylation is 1. The lowest BCUT2D eigenvalue weighted by atomic mass is 9.83. The molecule has 0 aromatic carbocycles. The Morgan fingerprint density at radius 1 is 1.50 bits per heavy atom. The van der Waals surface area contributed by atoms with E-state index in [2.05, 4.69) is 38.2 Å². The van der Waals surface area contributed by atoms with Crippen LogP contribution in [0.15, 0.2) is 12.4 Å². The van der Waals surface area contributed by atoms with Gasteiger partial charge in [-0.3, -0.25) is 16.0 Å². The van der Waals surface area contributed by atoms with Crippen molar-refractivity contribution in [3.8, 4) is 0 Å². The minimum Gasteiger partial charge on any atom is -0.379 e. The second-order valence-electron chi connectivity index (χ2n) is 5.70. The third-order valence-electron chi connectivity index (χ3n) is 3.05. The molecular formula is C13H26N4O. The average molecular weight is 254 g/mol. The molecule has 0 bridgehead atoms. The lowest BCUT2D eigenvalue weighted by Crippen LogP contribution is -2.44. The number of aromatic nitrogens is 2. The highest BCUT2D eigenvalue weighted by Gasteiger charge is 2.33. The SMILES string of the molecule is CCCn1cc(C(NN)C(OC)C(C)(C)C)cn1. The fraction of sp³-hybridized carbons (Fsp3) is 0.769. The van der Waals surface area contributed by atoms with E-state index in [9.17, 15) is 0 Å². The summed E-state index contributed by atoms with van der Waals surface area (Å²) >= 11 is 0. The molecule has 5 heteroatoms. The van der Waals surface area contributed by atoms with Crippen molar-refractivity contribution in [2.45, 2.75) is 52.8 Å². The molecule has 0 amide bonds. The summed E-state index contributed by atoms with van der Waals surface area (Å²) in [5.41, 5.74) is 3.91. The molecular weight excluding hydrogens is 228 g/mol. The lowest BCUT2D eigenvalue weighted by molar-refractivity contribution is -0.0120. The minimum atomic E-state index is -0.0550. The molecule has 1 rings (SSSR count). The maximum absolute atomic E-state index is 5.69. The van der Waals surface area contributed by atoms with Crippen LogP contribution in [0.25, 0.3) is 0 Å². The molecule has 0 saturated carbocycles. The highest BCUT2D eigenvalue weighted by atomic mass is 16.5. The monoisotopic (exact) mass is 254 g/mol. The van der Waals surface area contributed by atoms with Crippen LogP contribution in [0, 0.1) is 5.41 Å². The van der Waals surface area contributed by atoms with E-state index in [1.54, 1.807) is 7.11 Å². The maximum Gasteiger partial charge on any atom is 0.0828 e. The highest BCUT2D eigenvalue weighted by molar-refractivity contribution is 5.13. The van der Waals surface area contributed by atoms with Gasteiger partial charge >= 0.3 is 0 Å². The molecule has 1 heterocycles. The average Bonchev–Trinajstić information content (AvgIpc) is 2.72. The van der Waals surface area contributed by atoms with Gasteiger partial charge in [-0.05, 0) is 11.8 Å². The van der Waals surface area contributed by atoms with Crippen LogP contribution in [0.3, 0.4) is 0 Å². The summed E-state index contributed by atoms with van der Waals surface area (Å²) in [7, 11) is 1.72. The Bertz CT molecular complexity index is 356. The predicted octanol–water partition coefficient (Wildman–Crippen LogP) is 1.86. The van der Waals surface area contributed by atoms with Crippen LogP contribution in [0.4, 0.5) is 0 Å². The number of hydrogen-bond acceptors (Lipinski definition) is 4. The summed E-state index contributed by atoms with van der Waals surface area (Å²) in [5, 5.41) is 4.34. The maximum atomic E-state index is 5.69. The van der Waals surface area contributed by atoms with Gasteiger partial charge in [-0.15, -0.1) is 0 Å². The van der Waals surface area contributed by atoms with Gasteiger partial charge < -0.3 is 4.74 Å². The first-order valence-electron chi connectivity index (χ1n) is 6.45. The summed E-state index contributed by atoms with van der Waals surface area (Å²) in [5.74, 6) is 5.69. The van der Waals surface area contributed by atoms with Crippen molar-refractivity contribution in [2.24, 2.45) is 11.3 Å². The summed E-state index contributed by atoms with van der Waals surface area (Å²) in [4.78, 5) is 0.